The van der Waals surface area contributed by atoms with Crippen molar-refractivity contribution in [2.24, 2.45) is 5.92 Å². The lowest BCUT2D eigenvalue weighted by atomic mass is 9.79. The Morgan fingerprint density at radius 3 is 2.37 bits per heavy atom. The van der Waals surface area contributed by atoms with Gasteiger partial charge in [-0.3, -0.25) is 4.79 Å². The van der Waals surface area contributed by atoms with Crippen LogP contribution in [-0.4, -0.2) is 62.9 Å². The number of hydrogen-bond acceptors (Lipinski definition) is 5. The van der Waals surface area contributed by atoms with E-state index in [-0.39, 0.29) is 17.9 Å². The van der Waals surface area contributed by atoms with Gasteiger partial charge >= 0.3 is 13.2 Å². The summed E-state index contributed by atoms with van der Waals surface area (Å²) in [7, 11) is -0.419. The Bertz CT molecular complexity index is 1070. The van der Waals surface area contributed by atoms with Gasteiger partial charge < -0.3 is 29.6 Å². The van der Waals surface area contributed by atoms with Crippen LogP contribution in [0, 0.1) is 5.92 Å². The number of imidazole rings is 1. The van der Waals surface area contributed by atoms with E-state index in [1.165, 1.54) is 0 Å². The minimum Gasteiger partial charge on any atom is -0.465 e. The second kappa shape index (κ2) is 9.31. The fourth-order valence-electron chi connectivity index (χ4n) is 4.59. The zero-order valence-electron chi connectivity index (χ0n) is 21.3. The molecule has 10 heteroatoms. The van der Waals surface area contributed by atoms with E-state index >= 15 is 0 Å². The molecule has 9 nitrogen and oxygen atoms in total. The smallest absolute Gasteiger partial charge is 0.465 e. The minimum atomic E-state index is -1.20. The van der Waals surface area contributed by atoms with Crippen molar-refractivity contribution < 1.29 is 24.0 Å². The van der Waals surface area contributed by atoms with E-state index in [1.807, 2.05) is 65.8 Å². The summed E-state index contributed by atoms with van der Waals surface area (Å²) in [5.74, 6) is 0.336. The summed E-state index contributed by atoms with van der Waals surface area (Å²) in [5.41, 5.74) is 1.98. The summed E-state index contributed by atoms with van der Waals surface area (Å²) in [5, 5.41) is 11.5. The van der Waals surface area contributed by atoms with Gasteiger partial charge in [0.25, 0.3) is 0 Å². The van der Waals surface area contributed by atoms with Crippen LogP contribution >= 0.6 is 0 Å². The van der Waals surface area contributed by atoms with Crippen molar-refractivity contribution in [2.75, 3.05) is 6.54 Å². The molecule has 1 unspecified atom stereocenters. The number of aromatic nitrogens is 2. The molecule has 3 heterocycles. The summed E-state index contributed by atoms with van der Waals surface area (Å²) in [4.78, 5) is 34.1. The summed E-state index contributed by atoms with van der Waals surface area (Å²) < 4.78 is 12.3. The Hall–Kier alpha value is -2.85. The van der Waals surface area contributed by atoms with Crippen molar-refractivity contribution in [2.45, 2.75) is 77.7 Å². The summed E-state index contributed by atoms with van der Waals surface area (Å²) in [6, 6.07) is 6.99. The molecule has 0 radical (unpaired) electrons. The molecule has 0 saturated carbocycles. The van der Waals surface area contributed by atoms with Crippen LogP contribution in [-0.2, 0) is 14.1 Å². The van der Waals surface area contributed by atoms with E-state index in [0.717, 1.165) is 29.6 Å². The first kappa shape index (κ1) is 25.3. The van der Waals surface area contributed by atoms with Gasteiger partial charge in [0.1, 0.15) is 11.9 Å². The van der Waals surface area contributed by atoms with E-state index < -0.39 is 30.5 Å². The number of carbonyl (C=O) groups is 2. The molecule has 2 aliphatic rings. The first-order valence-electron chi connectivity index (χ1n) is 12.2. The van der Waals surface area contributed by atoms with Gasteiger partial charge in [0.2, 0.25) is 5.91 Å². The Morgan fingerprint density at radius 2 is 1.80 bits per heavy atom. The summed E-state index contributed by atoms with van der Waals surface area (Å²) >= 11 is 0. The number of H-pyrrole nitrogens is 1. The number of likely N-dealkylation sites (tertiary alicyclic amines) is 1. The average Bonchev–Trinajstić information content (AvgIpc) is 3.49. The zero-order valence-corrected chi connectivity index (χ0v) is 21.3. The normalized spacial score (nSPS) is 22.0. The maximum Gasteiger partial charge on any atom is 0.494 e. The first-order chi connectivity index (χ1) is 16.4. The van der Waals surface area contributed by atoms with E-state index in [1.54, 1.807) is 11.1 Å². The lowest BCUT2D eigenvalue weighted by Gasteiger charge is -2.32. The summed E-state index contributed by atoms with van der Waals surface area (Å²) in [6.07, 6.45) is 2.19. The van der Waals surface area contributed by atoms with Crippen LogP contribution < -0.4 is 10.8 Å². The highest BCUT2D eigenvalue weighted by Crippen LogP contribution is 2.37. The van der Waals surface area contributed by atoms with Crippen LogP contribution in [0.5, 0.6) is 0 Å². The largest absolute Gasteiger partial charge is 0.494 e. The van der Waals surface area contributed by atoms with E-state index in [2.05, 4.69) is 15.3 Å². The standard InChI is InChI=1S/C25H35BN4O5/c1-15(2)20(29-23(32)33)22(31)30-13-7-8-19(30)21-27-14-18(28-21)16-9-11-17(12-10-16)26-34-24(3,4)25(5,6)35-26/h9-12,14-15,19-20,29H,7-8,13H2,1-6H3,(H,27,28)(H,32,33)/t19-,20?/m0/s1. The van der Waals surface area contributed by atoms with Gasteiger partial charge in [0, 0.05) is 6.54 Å². The van der Waals surface area contributed by atoms with Crippen LogP contribution in [0.1, 0.15) is 66.3 Å². The molecule has 188 valence electrons. The third-order valence-electron chi connectivity index (χ3n) is 7.41. The van der Waals surface area contributed by atoms with E-state index in [4.69, 9.17) is 14.4 Å². The first-order valence-corrected chi connectivity index (χ1v) is 12.2. The van der Waals surface area contributed by atoms with Crippen molar-refractivity contribution in [1.29, 1.82) is 0 Å². The molecule has 3 N–H and O–H groups in total. The van der Waals surface area contributed by atoms with Crippen molar-refractivity contribution in [3.63, 3.8) is 0 Å². The Balaban J connectivity index is 1.49. The van der Waals surface area contributed by atoms with Gasteiger partial charge in [0.15, 0.2) is 0 Å². The zero-order chi connectivity index (χ0) is 25.5. The molecule has 1 aromatic carbocycles. The molecule has 1 aromatic heterocycles. The molecular weight excluding hydrogens is 447 g/mol. The fraction of sp³-hybridized carbons (Fsp3) is 0.560. The number of benzene rings is 1. The third kappa shape index (κ3) is 4.95. The van der Waals surface area contributed by atoms with Crippen LogP contribution in [0.15, 0.2) is 30.5 Å². The van der Waals surface area contributed by atoms with Gasteiger partial charge in [-0.2, -0.15) is 0 Å². The predicted molar refractivity (Wildman–Crippen MR) is 133 cm³/mol. The van der Waals surface area contributed by atoms with Gasteiger partial charge in [-0.05, 0) is 57.5 Å². The number of aromatic amines is 1. The van der Waals surface area contributed by atoms with Crippen LogP contribution in [0.3, 0.4) is 0 Å². The minimum absolute atomic E-state index is 0.158. The highest BCUT2D eigenvalue weighted by Gasteiger charge is 2.51. The molecule has 2 aliphatic heterocycles. The molecule has 0 aliphatic carbocycles. The maximum absolute atomic E-state index is 13.2. The van der Waals surface area contributed by atoms with Crippen molar-refractivity contribution in [1.82, 2.24) is 20.2 Å². The SMILES string of the molecule is CC(C)C(NC(=O)O)C(=O)N1CCC[C@H]1c1ncc(-c2ccc(B3OC(C)(C)C(C)(C)O3)cc2)[nH]1. The highest BCUT2D eigenvalue weighted by atomic mass is 16.7. The molecule has 2 aromatic rings. The Morgan fingerprint density at radius 1 is 1.17 bits per heavy atom. The average molecular weight is 482 g/mol. The molecule has 0 spiro atoms. The van der Waals surface area contributed by atoms with Crippen LogP contribution in [0.2, 0.25) is 0 Å². The quantitative estimate of drug-likeness (QED) is 0.544. The van der Waals surface area contributed by atoms with Crippen molar-refractivity contribution >= 4 is 24.6 Å². The van der Waals surface area contributed by atoms with Crippen molar-refractivity contribution in [3.05, 3.63) is 36.3 Å². The number of hydrogen-bond donors (Lipinski definition) is 3. The number of carbonyl (C=O) groups excluding carboxylic acids is 1. The molecule has 4 rings (SSSR count). The second-order valence-electron chi connectivity index (χ2n) is 10.8. The number of amides is 2. The Kier molecular flexibility index (Phi) is 6.72. The van der Waals surface area contributed by atoms with Gasteiger partial charge in [-0.15, -0.1) is 0 Å². The number of nitrogens with zero attached hydrogens (tertiary/aromatic N) is 2. The van der Waals surface area contributed by atoms with Crippen molar-refractivity contribution in [3.8, 4) is 11.3 Å². The molecule has 0 bridgehead atoms. The summed E-state index contributed by atoms with van der Waals surface area (Å²) in [6.45, 7) is 12.4. The number of carboxylic acid groups (broad SMARTS) is 1. The number of nitrogens with one attached hydrogen (secondary N) is 2. The second-order valence-corrected chi connectivity index (χ2v) is 10.8. The highest BCUT2D eigenvalue weighted by molar-refractivity contribution is 6.62. The topological polar surface area (TPSA) is 117 Å². The van der Waals surface area contributed by atoms with E-state index in [9.17, 15) is 9.59 Å². The van der Waals surface area contributed by atoms with Crippen LogP contribution in [0.25, 0.3) is 11.3 Å². The Labute approximate surface area is 206 Å². The lowest BCUT2D eigenvalue weighted by Crippen LogP contribution is -2.50. The predicted octanol–water partition coefficient (Wildman–Crippen LogP) is 3.33. The number of rotatable bonds is 6. The fourth-order valence-corrected chi connectivity index (χ4v) is 4.59. The molecule has 2 fully saturated rings. The third-order valence-corrected chi connectivity index (χ3v) is 7.41. The molecule has 2 amide bonds. The van der Waals surface area contributed by atoms with Crippen LogP contribution in [0.4, 0.5) is 4.79 Å². The molecule has 2 saturated heterocycles. The molecule has 2 atom stereocenters. The van der Waals surface area contributed by atoms with Gasteiger partial charge in [0.05, 0.1) is 29.1 Å². The van der Waals surface area contributed by atoms with E-state index in [0.29, 0.717) is 12.4 Å². The maximum atomic E-state index is 13.2. The lowest BCUT2D eigenvalue weighted by molar-refractivity contribution is -0.135. The monoisotopic (exact) mass is 482 g/mol. The van der Waals surface area contributed by atoms with Gasteiger partial charge in [-0.1, -0.05) is 38.1 Å². The molecule has 35 heavy (non-hydrogen) atoms. The van der Waals surface area contributed by atoms with Gasteiger partial charge in [-0.25, -0.2) is 9.78 Å². The molecular formula is C25H35BN4O5.